The van der Waals surface area contributed by atoms with Crippen LogP contribution >= 0.6 is 0 Å². The van der Waals surface area contributed by atoms with Crippen molar-refractivity contribution in [2.75, 3.05) is 12.9 Å². The summed E-state index contributed by atoms with van der Waals surface area (Å²) in [7, 11) is 0.189. The lowest BCUT2D eigenvalue weighted by Gasteiger charge is -2.07. The summed E-state index contributed by atoms with van der Waals surface area (Å²) in [6, 6.07) is 12.7. The molecule has 2 aromatic carbocycles. The molecule has 0 aromatic heterocycles. The van der Waals surface area contributed by atoms with Crippen LogP contribution in [-0.4, -0.2) is 22.9 Å². The molecular formula is C17H18O3S. The summed E-state index contributed by atoms with van der Waals surface area (Å²) in [6.45, 7) is 3.83. The Labute approximate surface area is 127 Å². The number of hydrogen-bond acceptors (Lipinski definition) is 3. The summed E-state index contributed by atoms with van der Waals surface area (Å²) >= 11 is 0. The van der Waals surface area contributed by atoms with Crippen molar-refractivity contribution in [1.29, 1.82) is 0 Å². The van der Waals surface area contributed by atoms with E-state index in [9.17, 15) is 9.00 Å². The number of Topliss-reactive ketones (excluding diaryl/α,β-unsaturated/α-hetero) is 1. The van der Waals surface area contributed by atoms with Crippen molar-refractivity contribution in [2.24, 2.45) is 0 Å². The monoisotopic (exact) mass is 302 g/mol. The van der Waals surface area contributed by atoms with E-state index >= 15 is 0 Å². The first-order chi connectivity index (χ1) is 10.0. The Morgan fingerprint density at radius 3 is 2.62 bits per heavy atom. The van der Waals surface area contributed by atoms with E-state index in [1.165, 1.54) is 0 Å². The van der Waals surface area contributed by atoms with Gasteiger partial charge in [0, 0.05) is 10.5 Å². The topological polar surface area (TPSA) is 43.4 Å². The van der Waals surface area contributed by atoms with Gasteiger partial charge in [-0.1, -0.05) is 23.8 Å². The molecule has 21 heavy (non-hydrogen) atoms. The summed E-state index contributed by atoms with van der Waals surface area (Å²) < 4.78 is 17.4. The van der Waals surface area contributed by atoms with Crippen LogP contribution in [0.4, 0.5) is 0 Å². The molecule has 3 nitrogen and oxygen atoms in total. The number of carbonyl (C=O) groups excluding carboxylic acids is 1. The van der Waals surface area contributed by atoms with Crippen LogP contribution in [0, 0.1) is 13.8 Å². The molecule has 0 saturated heterocycles. The van der Waals surface area contributed by atoms with Crippen molar-refractivity contribution < 1.29 is 13.7 Å². The van der Waals surface area contributed by atoms with Crippen molar-refractivity contribution in [3.05, 3.63) is 59.2 Å². The highest BCUT2D eigenvalue weighted by atomic mass is 32.2. The number of benzene rings is 2. The number of methoxy groups -OCH3 is 1. The van der Waals surface area contributed by atoms with Gasteiger partial charge in [0.2, 0.25) is 0 Å². The predicted molar refractivity (Wildman–Crippen MR) is 84.5 cm³/mol. The lowest BCUT2D eigenvalue weighted by Crippen LogP contribution is -2.12. The average molecular weight is 302 g/mol. The summed E-state index contributed by atoms with van der Waals surface area (Å²) in [5.74, 6) is 0.523. The van der Waals surface area contributed by atoms with Crippen LogP contribution in [0.25, 0.3) is 0 Å². The zero-order valence-corrected chi connectivity index (χ0v) is 13.2. The minimum absolute atomic E-state index is 0.0164. The molecule has 1 atom stereocenters. The molecular weight excluding hydrogens is 284 g/mol. The van der Waals surface area contributed by atoms with Crippen LogP contribution in [0.3, 0.4) is 0 Å². The van der Waals surface area contributed by atoms with E-state index < -0.39 is 10.8 Å². The molecule has 1 unspecified atom stereocenters. The first kappa shape index (κ1) is 15.4. The fraction of sp³-hybridized carbons (Fsp3) is 0.235. The Morgan fingerprint density at radius 1 is 1.14 bits per heavy atom. The van der Waals surface area contributed by atoms with Crippen molar-refractivity contribution >= 4 is 16.6 Å². The Balaban J connectivity index is 2.18. The second-order valence-electron chi connectivity index (χ2n) is 4.91. The van der Waals surface area contributed by atoms with Crippen molar-refractivity contribution in [3.63, 3.8) is 0 Å². The largest absolute Gasteiger partial charge is 0.497 e. The molecule has 0 N–H and O–H groups in total. The molecule has 0 fully saturated rings. The van der Waals surface area contributed by atoms with Gasteiger partial charge in [-0.3, -0.25) is 9.00 Å². The highest BCUT2D eigenvalue weighted by Gasteiger charge is 2.15. The zero-order valence-electron chi connectivity index (χ0n) is 12.4. The fourth-order valence-electron chi connectivity index (χ4n) is 2.06. The van der Waals surface area contributed by atoms with Crippen molar-refractivity contribution in [3.8, 4) is 5.75 Å². The molecule has 2 rings (SSSR count). The second-order valence-corrected chi connectivity index (χ2v) is 6.36. The molecule has 0 aliphatic carbocycles. The second kappa shape index (κ2) is 6.68. The van der Waals surface area contributed by atoms with E-state index in [0.717, 1.165) is 11.1 Å². The van der Waals surface area contributed by atoms with Gasteiger partial charge < -0.3 is 4.74 Å². The van der Waals surface area contributed by atoms with Gasteiger partial charge in [0.05, 0.1) is 23.7 Å². The standard InChI is InChI=1S/C17H18O3S/c1-12-7-8-13(2)16(9-12)17(18)11-21(19)15-6-4-5-14(10-15)20-3/h4-10H,11H2,1-3H3. The Morgan fingerprint density at radius 2 is 1.90 bits per heavy atom. The molecule has 0 aliphatic rings. The van der Waals surface area contributed by atoms with Gasteiger partial charge in [-0.05, 0) is 43.7 Å². The maximum Gasteiger partial charge on any atom is 0.175 e. The molecule has 110 valence electrons. The fourth-order valence-corrected chi connectivity index (χ4v) is 3.10. The van der Waals surface area contributed by atoms with Gasteiger partial charge in [-0.25, -0.2) is 0 Å². The van der Waals surface area contributed by atoms with Crippen molar-refractivity contribution in [2.45, 2.75) is 18.7 Å². The first-order valence-electron chi connectivity index (χ1n) is 6.64. The summed E-state index contributed by atoms with van der Waals surface area (Å²) in [6.07, 6.45) is 0. The molecule has 0 spiro atoms. The minimum atomic E-state index is -1.37. The molecule has 0 aliphatic heterocycles. The van der Waals surface area contributed by atoms with E-state index in [1.807, 2.05) is 32.0 Å². The summed E-state index contributed by atoms with van der Waals surface area (Å²) in [4.78, 5) is 12.9. The number of aryl methyl sites for hydroxylation is 2. The molecule has 0 bridgehead atoms. The van der Waals surface area contributed by atoms with Gasteiger partial charge in [0.1, 0.15) is 5.75 Å². The summed E-state index contributed by atoms with van der Waals surface area (Å²) in [5.41, 5.74) is 2.58. The third kappa shape index (κ3) is 3.79. The van der Waals surface area contributed by atoms with E-state index in [2.05, 4.69) is 0 Å². The number of ether oxygens (including phenoxy) is 1. The maximum atomic E-state index is 12.3. The van der Waals surface area contributed by atoms with Crippen LogP contribution in [0.2, 0.25) is 0 Å². The average Bonchev–Trinajstić information content (AvgIpc) is 2.49. The highest BCUT2D eigenvalue weighted by Crippen LogP contribution is 2.18. The minimum Gasteiger partial charge on any atom is -0.497 e. The van der Waals surface area contributed by atoms with Crippen LogP contribution in [0.1, 0.15) is 21.5 Å². The number of rotatable bonds is 5. The first-order valence-corrected chi connectivity index (χ1v) is 7.96. The highest BCUT2D eigenvalue weighted by molar-refractivity contribution is 7.85. The molecule has 0 radical (unpaired) electrons. The maximum absolute atomic E-state index is 12.3. The van der Waals surface area contributed by atoms with Crippen LogP contribution < -0.4 is 4.74 Å². The number of ketones is 1. The zero-order chi connectivity index (χ0) is 15.4. The van der Waals surface area contributed by atoms with E-state index in [-0.39, 0.29) is 11.5 Å². The molecule has 2 aromatic rings. The van der Waals surface area contributed by atoms with Crippen LogP contribution in [-0.2, 0) is 10.8 Å². The van der Waals surface area contributed by atoms with Crippen LogP contribution in [0.5, 0.6) is 5.75 Å². The molecule has 4 heteroatoms. The van der Waals surface area contributed by atoms with Gasteiger partial charge in [0.25, 0.3) is 0 Å². The lowest BCUT2D eigenvalue weighted by molar-refractivity contribution is 0.102. The molecule has 0 heterocycles. The SMILES string of the molecule is COc1cccc(S(=O)CC(=O)c2cc(C)ccc2C)c1. The van der Waals surface area contributed by atoms with E-state index in [4.69, 9.17) is 4.74 Å². The van der Waals surface area contributed by atoms with E-state index in [1.54, 1.807) is 31.4 Å². The molecule has 0 saturated carbocycles. The Kier molecular flexibility index (Phi) is 4.91. The third-order valence-corrected chi connectivity index (χ3v) is 4.56. The Hall–Kier alpha value is -1.94. The number of carbonyl (C=O) groups is 1. The van der Waals surface area contributed by atoms with Gasteiger partial charge in [0.15, 0.2) is 5.78 Å². The van der Waals surface area contributed by atoms with Gasteiger partial charge >= 0.3 is 0 Å². The predicted octanol–water partition coefficient (Wildman–Crippen LogP) is 3.30. The number of hydrogen-bond donors (Lipinski definition) is 0. The van der Waals surface area contributed by atoms with Crippen LogP contribution in [0.15, 0.2) is 47.4 Å². The third-order valence-electron chi connectivity index (χ3n) is 3.26. The molecule has 0 amide bonds. The Bertz CT molecular complexity index is 692. The van der Waals surface area contributed by atoms with E-state index in [0.29, 0.717) is 16.2 Å². The normalized spacial score (nSPS) is 12.0. The van der Waals surface area contributed by atoms with Gasteiger partial charge in [-0.2, -0.15) is 0 Å². The van der Waals surface area contributed by atoms with Gasteiger partial charge in [-0.15, -0.1) is 0 Å². The quantitative estimate of drug-likeness (QED) is 0.796. The lowest BCUT2D eigenvalue weighted by atomic mass is 10.0. The smallest absolute Gasteiger partial charge is 0.175 e. The summed E-state index contributed by atoms with van der Waals surface area (Å²) in [5, 5.41) is 0. The van der Waals surface area contributed by atoms with Crippen molar-refractivity contribution in [1.82, 2.24) is 0 Å².